The summed E-state index contributed by atoms with van der Waals surface area (Å²) in [5.41, 5.74) is 5.68. The maximum Gasteiger partial charge on any atom is 0.305 e. The standard InChI is InChI=1S/C19H18ClN3O2S/c1-25-18(24)8-4-6-16-19(23-22-14-11-9-13(20)10-12-14)26-17-7-3-2-5-15(17)21-16/h2-3,5,7,9-12,22H,4,6,8H2,1H3/b23-19-. The lowest BCUT2D eigenvalue weighted by molar-refractivity contribution is -0.140. The minimum atomic E-state index is -0.216. The zero-order valence-electron chi connectivity index (χ0n) is 14.2. The molecule has 0 fully saturated rings. The summed E-state index contributed by atoms with van der Waals surface area (Å²) < 4.78 is 6.55. The predicted octanol–water partition coefficient (Wildman–Crippen LogP) is 4.37. The second-order valence-electron chi connectivity index (χ2n) is 5.59. The molecule has 3 aromatic rings. The van der Waals surface area contributed by atoms with E-state index in [9.17, 15) is 4.79 Å². The lowest BCUT2D eigenvalue weighted by atomic mass is 10.2. The van der Waals surface area contributed by atoms with E-state index >= 15 is 0 Å². The van der Waals surface area contributed by atoms with Crippen molar-refractivity contribution < 1.29 is 9.53 Å². The zero-order chi connectivity index (χ0) is 18.4. The number of benzene rings is 2. The fraction of sp³-hybridized carbons (Fsp3) is 0.211. The van der Waals surface area contributed by atoms with Gasteiger partial charge in [-0.15, -0.1) is 11.3 Å². The Bertz CT molecular complexity index is 970. The molecule has 1 N–H and O–H groups in total. The quantitative estimate of drug-likeness (QED) is 0.503. The van der Waals surface area contributed by atoms with E-state index in [-0.39, 0.29) is 5.97 Å². The summed E-state index contributed by atoms with van der Waals surface area (Å²) in [6, 6.07) is 15.3. The molecular formula is C19H18ClN3O2S. The first-order valence-electron chi connectivity index (χ1n) is 8.16. The highest BCUT2D eigenvalue weighted by molar-refractivity contribution is 7.16. The third-order valence-corrected chi connectivity index (χ3v) is 5.06. The Morgan fingerprint density at radius 2 is 2.00 bits per heavy atom. The number of aryl methyl sites for hydroxylation is 1. The van der Waals surface area contributed by atoms with Gasteiger partial charge in [-0.25, -0.2) is 4.98 Å². The van der Waals surface area contributed by atoms with Crippen LogP contribution in [0, 0.1) is 0 Å². The smallest absolute Gasteiger partial charge is 0.305 e. The van der Waals surface area contributed by atoms with Crippen LogP contribution in [0.25, 0.3) is 10.2 Å². The van der Waals surface area contributed by atoms with Crippen LogP contribution < -0.4 is 10.1 Å². The van der Waals surface area contributed by atoms with E-state index in [0.29, 0.717) is 24.3 Å². The number of ether oxygens (including phenoxy) is 1. The van der Waals surface area contributed by atoms with E-state index in [1.807, 2.05) is 36.4 Å². The molecule has 0 spiro atoms. The molecule has 0 saturated heterocycles. The van der Waals surface area contributed by atoms with Crippen molar-refractivity contribution in [2.24, 2.45) is 5.10 Å². The van der Waals surface area contributed by atoms with Crippen molar-refractivity contribution in [3.8, 4) is 0 Å². The van der Waals surface area contributed by atoms with Crippen LogP contribution in [-0.4, -0.2) is 18.1 Å². The van der Waals surface area contributed by atoms with E-state index in [2.05, 4.69) is 10.5 Å². The van der Waals surface area contributed by atoms with Gasteiger partial charge in [-0.05, 0) is 49.2 Å². The van der Waals surface area contributed by atoms with Gasteiger partial charge in [-0.1, -0.05) is 23.7 Å². The van der Waals surface area contributed by atoms with Crippen LogP contribution >= 0.6 is 22.9 Å². The van der Waals surface area contributed by atoms with Crippen molar-refractivity contribution in [1.82, 2.24) is 4.98 Å². The third kappa shape index (κ3) is 4.80. The Hall–Kier alpha value is -2.44. The SMILES string of the molecule is COC(=O)CCCc1nc2ccccc2s/c1=N\Nc1ccc(Cl)cc1. The van der Waals surface area contributed by atoms with Gasteiger partial charge in [0.15, 0.2) is 4.67 Å². The minimum absolute atomic E-state index is 0.216. The number of hydrogen-bond donors (Lipinski definition) is 1. The fourth-order valence-corrected chi connectivity index (χ4v) is 3.44. The van der Waals surface area contributed by atoms with Crippen molar-refractivity contribution in [2.45, 2.75) is 19.3 Å². The molecule has 0 aliphatic carbocycles. The van der Waals surface area contributed by atoms with E-state index in [1.165, 1.54) is 7.11 Å². The first-order chi connectivity index (χ1) is 12.7. The molecule has 134 valence electrons. The van der Waals surface area contributed by atoms with Gasteiger partial charge in [0.05, 0.1) is 28.7 Å². The number of anilines is 1. The summed E-state index contributed by atoms with van der Waals surface area (Å²) in [4.78, 5) is 16.1. The van der Waals surface area contributed by atoms with E-state index in [0.717, 1.165) is 26.3 Å². The molecular weight excluding hydrogens is 370 g/mol. The number of aromatic nitrogens is 1. The summed E-state index contributed by atoms with van der Waals surface area (Å²) in [7, 11) is 1.40. The van der Waals surface area contributed by atoms with Crippen molar-refractivity contribution >= 4 is 44.8 Å². The first kappa shape index (κ1) is 18.4. The number of rotatable bonds is 6. The van der Waals surface area contributed by atoms with Gasteiger partial charge < -0.3 is 4.74 Å². The molecule has 0 bridgehead atoms. The molecule has 26 heavy (non-hydrogen) atoms. The Morgan fingerprint density at radius 3 is 2.77 bits per heavy atom. The average molecular weight is 388 g/mol. The van der Waals surface area contributed by atoms with E-state index < -0.39 is 0 Å². The van der Waals surface area contributed by atoms with Gasteiger partial charge in [-0.2, -0.15) is 5.10 Å². The topological polar surface area (TPSA) is 63.6 Å². The van der Waals surface area contributed by atoms with Crippen LogP contribution in [0.4, 0.5) is 5.69 Å². The number of carbonyl (C=O) groups excluding carboxylic acids is 1. The molecule has 7 heteroatoms. The van der Waals surface area contributed by atoms with Gasteiger partial charge in [0.25, 0.3) is 0 Å². The number of esters is 1. The molecule has 5 nitrogen and oxygen atoms in total. The Balaban J connectivity index is 1.89. The first-order valence-corrected chi connectivity index (χ1v) is 9.36. The number of nitrogens with zero attached hydrogens (tertiary/aromatic N) is 2. The molecule has 2 aromatic carbocycles. The van der Waals surface area contributed by atoms with Gasteiger partial charge in [0, 0.05) is 11.4 Å². The molecule has 0 aliphatic heterocycles. The monoisotopic (exact) mass is 387 g/mol. The summed E-state index contributed by atoms with van der Waals surface area (Å²) in [6.07, 6.45) is 1.67. The minimum Gasteiger partial charge on any atom is -0.469 e. The van der Waals surface area contributed by atoms with Gasteiger partial charge >= 0.3 is 5.97 Å². The van der Waals surface area contributed by atoms with E-state index in [1.54, 1.807) is 23.5 Å². The number of fused-ring (bicyclic) bond motifs is 1. The Morgan fingerprint density at radius 1 is 1.23 bits per heavy atom. The van der Waals surface area contributed by atoms with Crippen LogP contribution in [-0.2, 0) is 16.0 Å². The van der Waals surface area contributed by atoms with Crippen molar-refractivity contribution in [3.05, 3.63) is 63.9 Å². The van der Waals surface area contributed by atoms with Crippen LogP contribution in [0.2, 0.25) is 5.02 Å². The number of nitrogens with one attached hydrogen (secondary N) is 1. The number of carbonyl (C=O) groups is 1. The molecule has 1 heterocycles. The van der Waals surface area contributed by atoms with Crippen molar-refractivity contribution in [3.63, 3.8) is 0 Å². The molecule has 0 unspecified atom stereocenters. The number of para-hydroxylation sites is 1. The largest absolute Gasteiger partial charge is 0.469 e. The summed E-state index contributed by atoms with van der Waals surface area (Å²) >= 11 is 7.48. The lowest BCUT2D eigenvalue weighted by Gasteiger charge is -2.05. The summed E-state index contributed by atoms with van der Waals surface area (Å²) in [5.74, 6) is -0.216. The summed E-state index contributed by atoms with van der Waals surface area (Å²) in [6.45, 7) is 0. The molecule has 1 aromatic heterocycles. The molecule has 0 radical (unpaired) electrons. The molecule has 0 amide bonds. The highest BCUT2D eigenvalue weighted by Gasteiger charge is 2.07. The second-order valence-corrected chi connectivity index (χ2v) is 7.06. The lowest BCUT2D eigenvalue weighted by Crippen LogP contribution is -2.13. The Labute approximate surface area is 160 Å². The number of halogens is 1. The van der Waals surface area contributed by atoms with Gasteiger partial charge in [0.2, 0.25) is 0 Å². The van der Waals surface area contributed by atoms with Gasteiger partial charge in [-0.3, -0.25) is 10.2 Å². The highest BCUT2D eigenvalue weighted by atomic mass is 35.5. The normalized spacial score (nSPS) is 11.5. The highest BCUT2D eigenvalue weighted by Crippen LogP contribution is 2.16. The maximum absolute atomic E-state index is 11.4. The molecule has 0 saturated carbocycles. The van der Waals surface area contributed by atoms with Crippen LogP contribution in [0.3, 0.4) is 0 Å². The van der Waals surface area contributed by atoms with Crippen LogP contribution in [0.5, 0.6) is 0 Å². The predicted molar refractivity (Wildman–Crippen MR) is 105 cm³/mol. The summed E-state index contributed by atoms with van der Waals surface area (Å²) in [5, 5.41) is 5.20. The average Bonchev–Trinajstić information content (AvgIpc) is 2.67. The maximum atomic E-state index is 11.4. The van der Waals surface area contributed by atoms with Crippen molar-refractivity contribution in [1.29, 1.82) is 0 Å². The molecule has 3 rings (SSSR count). The van der Waals surface area contributed by atoms with Crippen LogP contribution in [0.15, 0.2) is 53.6 Å². The Kier molecular flexibility index (Phi) is 6.20. The molecule has 0 aliphatic rings. The fourth-order valence-electron chi connectivity index (χ4n) is 2.38. The number of hydrogen-bond acceptors (Lipinski definition) is 6. The number of methoxy groups -OCH3 is 1. The third-order valence-electron chi connectivity index (χ3n) is 3.73. The van der Waals surface area contributed by atoms with Crippen molar-refractivity contribution in [2.75, 3.05) is 12.5 Å². The van der Waals surface area contributed by atoms with Crippen LogP contribution in [0.1, 0.15) is 18.5 Å². The van der Waals surface area contributed by atoms with Gasteiger partial charge in [0.1, 0.15) is 0 Å². The van der Waals surface area contributed by atoms with E-state index in [4.69, 9.17) is 21.3 Å². The second kappa shape index (κ2) is 8.78. The molecule has 0 atom stereocenters. The zero-order valence-corrected chi connectivity index (χ0v) is 15.8.